The fourth-order valence-electron chi connectivity index (χ4n) is 1.30. The Morgan fingerprint density at radius 3 is 2.12 bits per heavy atom. The van der Waals surface area contributed by atoms with Crippen LogP contribution in [0.2, 0.25) is 0 Å². The van der Waals surface area contributed by atoms with Gasteiger partial charge in [-0.2, -0.15) is 11.8 Å². The van der Waals surface area contributed by atoms with Crippen molar-refractivity contribution >= 4 is 23.5 Å². The molecule has 0 aliphatic carbocycles. The average Bonchev–Trinajstić information content (AvgIpc) is 2.14. The summed E-state index contributed by atoms with van der Waals surface area (Å²) in [5, 5.41) is 0. The second-order valence-electron chi connectivity index (χ2n) is 4.86. The van der Waals surface area contributed by atoms with Crippen molar-refractivity contribution < 1.29 is 9.59 Å². The van der Waals surface area contributed by atoms with Gasteiger partial charge < -0.3 is 5.73 Å². The fraction of sp³-hybridized carbons (Fsp3) is 0.833. The molecule has 16 heavy (non-hydrogen) atoms. The summed E-state index contributed by atoms with van der Waals surface area (Å²) in [5.74, 6) is 1.55. The Bertz CT molecular complexity index is 239. The van der Waals surface area contributed by atoms with E-state index in [4.69, 9.17) is 5.73 Å². The molecule has 0 aromatic heterocycles. The van der Waals surface area contributed by atoms with Gasteiger partial charge in [0.2, 0.25) is 5.91 Å². The van der Waals surface area contributed by atoms with Gasteiger partial charge in [-0.3, -0.25) is 9.59 Å². The zero-order valence-electron chi connectivity index (χ0n) is 10.7. The number of thioether (sulfide) groups is 1. The van der Waals surface area contributed by atoms with Gasteiger partial charge in [-0.15, -0.1) is 0 Å². The minimum Gasteiger partial charge on any atom is -0.369 e. The van der Waals surface area contributed by atoms with Gasteiger partial charge in [0.25, 0.3) is 0 Å². The van der Waals surface area contributed by atoms with E-state index in [0.29, 0.717) is 17.4 Å². The van der Waals surface area contributed by atoms with Gasteiger partial charge in [0.15, 0.2) is 0 Å². The van der Waals surface area contributed by atoms with Crippen LogP contribution in [-0.4, -0.2) is 23.2 Å². The van der Waals surface area contributed by atoms with Crippen LogP contribution in [0.15, 0.2) is 0 Å². The van der Waals surface area contributed by atoms with Crippen molar-refractivity contribution in [3.05, 3.63) is 0 Å². The fourth-order valence-corrected chi connectivity index (χ4v) is 2.54. The maximum atomic E-state index is 11.4. The lowest BCUT2D eigenvalue weighted by atomic mass is 9.98. The van der Waals surface area contributed by atoms with Crippen molar-refractivity contribution in [3.63, 3.8) is 0 Å². The van der Waals surface area contributed by atoms with E-state index in [1.54, 1.807) is 0 Å². The average molecular weight is 245 g/mol. The first-order valence-electron chi connectivity index (χ1n) is 5.74. The molecule has 0 saturated heterocycles. The van der Waals surface area contributed by atoms with Gasteiger partial charge in [0.1, 0.15) is 5.78 Å². The molecule has 0 aliphatic heterocycles. The molecule has 0 aliphatic rings. The van der Waals surface area contributed by atoms with Crippen molar-refractivity contribution in [2.24, 2.45) is 23.5 Å². The zero-order valence-corrected chi connectivity index (χ0v) is 11.5. The molecule has 0 saturated carbocycles. The highest BCUT2D eigenvalue weighted by Gasteiger charge is 2.17. The second-order valence-corrected chi connectivity index (χ2v) is 5.90. The molecule has 0 aromatic carbocycles. The summed E-state index contributed by atoms with van der Waals surface area (Å²) in [5.41, 5.74) is 5.32. The van der Waals surface area contributed by atoms with E-state index in [1.165, 1.54) is 11.8 Å². The largest absolute Gasteiger partial charge is 0.369 e. The Balaban J connectivity index is 3.94. The Hall–Kier alpha value is -0.510. The number of nitrogens with two attached hydrogens (primary N) is 1. The first-order valence-corrected chi connectivity index (χ1v) is 6.89. The minimum atomic E-state index is -0.252. The van der Waals surface area contributed by atoms with E-state index in [2.05, 4.69) is 13.8 Å². The number of ketones is 1. The summed E-state index contributed by atoms with van der Waals surface area (Å²) in [6, 6.07) is 0. The summed E-state index contributed by atoms with van der Waals surface area (Å²) in [7, 11) is 0. The molecule has 3 nitrogen and oxygen atoms in total. The van der Waals surface area contributed by atoms with Crippen LogP contribution in [0, 0.1) is 17.8 Å². The first kappa shape index (κ1) is 15.5. The Kier molecular flexibility index (Phi) is 7.47. The Morgan fingerprint density at radius 2 is 1.75 bits per heavy atom. The number of hydrogen-bond acceptors (Lipinski definition) is 3. The number of Topliss-reactive ketones (excluding diaryl/α,β-unsaturated/α-hetero) is 1. The van der Waals surface area contributed by atoms with Crippen LogP contribution in [-0.2, 0) is 9.59 Å². The molecule has 1 unspecified atom stereocenters. The number of amides is 1. The molecule has 1 atom stereocenters. The summed E-state index contributed by atoms with van der Waals surface area (Å²) in [4.78, 5) is 22.5. The number of hydrogen-bond donors (Lipinski definition) is 1. The summed E-state index contributed by atoms with van der Waals surface area (Å²) in [6.07, 6.45) is 0.804. The predicted octanol–water partition coefficient (Wildman–Crippen LogP) is 2.09. The van der Waals surface area contributed by atoms with Crippen molar-refractivity contribution in [2.45, 2.75) is 34.1 Å². The number of carbonyl (C=O) groups excluding carboxylic acids is 2. The third-order valence-corrected chi connectivity index (χ3v) is 3.49. The monoisotopic (exact) mass is 245 g/mol. The van der Waals surface area contributed by atoms with Gasteiger partial charge in [-0.25, -0.2) is 0 Å². The quantitative estimate of drug-likeness (QED) is 0.712. The lowest BCUT2D eigenvalue weighted by Crippen LogP contribution is -2.27. The normalized spacial score (nSPS) is 13.1. The van der Waals surface area contributed by atoms with E-state index >= 15 is 0 Å². The molecule has 0 rings (SSSR count). The highest BCUT2D eigenvalue weighted by molar-refractivity contribution is 7.99. The Morgan fingerprint density at radius 1 is 1.19 bits per heavy atom. The van der Waals surface area contributed by atoms with Crippen molar-refractivity contribution in [2.75, 3.05) is 11.5 Å². The maximum Gasteiger partial charge on any atom is 0.221 e. The van der Waals surface area contributed by atoms with Gasteiger partial charge in [0, 0.05) is 17.6 Å². The molecular weight excluding hydrogens is 222 g/mol. The maximum absolute atomic E-state index is 11.4. The van der Waals surface area contributed by atoms with Crippen LogP contribution >= 0.6 is 11.8 Å². The Labute approximate surface area is 103 Å². The van der Waals surface area contributed by atoms with Crippen molar-refractivity contribution in [1.29, 1.82) is 0 Å². The molecule has 0 aromatic rings. The van der Waals surface area contributed by atoms with Gasteiger partial charge in [-0.1, -0.05) is 27.7 Å². The SMILES string of the molecule is CC(C)CC(CSCC(=O)C(C)C)C(N)=O. The van der Waals surface area contributed by atoms with E-state index in [0.717, 1.165) is 6.42 Å². The lowest BCUT2D eigenvalue weighted by Gasteiger charge is -2.15. The van der Waals surface area contributed by atoms with Crippen LogP contribution in [0.1, 0.15) is 34.1 Å². The van der Waals surface area contributed by atoms with E-state index in [-0.39, 0.29) is 23.5 Å². The molecular formula is C12H23NO2S. The molecule has 4 heteroatoms. The molecule has 0 radical (unpaired) electrons. The third kappa shape index (κ3) is 6.88. The molecule has 1 amide bonds. The van der Waals surface area contributed by atoms with E-state index in [9.17, 15) is 9.59 Å². The van der Waals surface area contributed by atoms with Crippen LogP contribution in [0.4, 0.5) is 0 Å². The molecule has 2 N–H and O–H groups in total. The van der Waals surface area contributed by atoms with Gasteiger partial charge in [0.05, 0.1) is 5.75 Å². The predicted molar refractivity (Wildman–Crippen MR) is 69.3 cm³/mol. The highest BCUT2D eigenvalue weighted by Crippen LogP contribution is 2.17. The third-order valence-electron chi connectivity index (χ3n) is 2.37. The lowest BCUT2D eigenvalue weighted by molar-refractivity contribution is -0.122. The summed E-state index contributed by atoms with van der Waals surface area (Å²) in [6.45, 7) is 7.92. The second kappa shape index (κ2) is 7.71. The smallest absolute Gasteiger partial charge is 0.221 e. The molecule has 0 heterocycles. The van der Waals surface area contributed by atoms with Crippen LogP contribution < -0.4 is 5.73 Å². The van der Waals surface area contributed by atoms with Gasteiger partial charge >= 0.3 is 0 Å². The number of carbonyl (C=O) groups is 2. The van der Waals surface area contributed by atoms with Crippen molar-refractivity contribution in [1.82, 2.24) is 0 Å². The van der Waals surface area contributed by atoms with E-state index < -0.39 is 0 Å². The molecule has 0 bridgehead atoms. The zero-order chi connectivity index (χ0) is 12.7. The first-order chi connectivity index (χ1) is 7.34. The molecule has 0 fully saturated rings. The van der Waals surface area contributed by atoms with Crippen molar-refractivity contribution in [3.8, 4) is 0 Å². The summed E-state index contributed by atoms with van der Waals surface area (Å²) < 4.78 is 0. The molecule has 0 spiro atoms. The highest BCUT2D eigenvalue weighted by atomic mass is 32.2. The number of primary amides is 1. The molecule has 94 valence electrons. The van der Waals surface area contributed by atoms with Crippen LogP contribution in [0.25, 0.3) is 0 Å². The number of rotatable bonds is 8. The summed E-state index contributed by atoms with van der Waals surface area (Å²) >= 11 is 1.52. The topological polar surface area (TPSA) is 60.2 Å². The standard InChI is InChI=1S/C12H23NO2S/c1-8(2)5-10(12(13)15)6-16-7-11(14)9(3)4/h8-10H,5-7H2,1-4H3,(H2,13,15). The van der Waals surface area contributed by atoms with Gasteiger partial charge in [-0.05, 0) is 12.3 Å². The van der Waals surface area contributed by atoms with Crippen LogP contribution in [0.5, 0.6) is 0 Å². The van der Waals surface area contributed by atoms with Crippen LogP contribution in [0.3, 0.4) is 0 Å². The minimum absolute atomic E-state index is 0.0737. The van der Waals surface area contributed by atoms with E-state index in [1.807, 2.05) is 13.8 Å².